The molecule has 0 aliphatic heterocycles. The van der Waals surface area contributed by atoms with E-state index in [1.165, 1.54) is 12.1 Å². The minimum atomic E-state index is -4.96. The maximum Gasteiger partial charge on any atom is 0.410 e. The lowest BCUT2D eigenvalue weighted by Gasteiger charge is -2.19. The van der Waals surface area contributed by atoms with Crippen molar-refractivity contribution in [3.63, 3.8) is 0 Å². The van der Waals surface area contributed by atoms with Crippen LogP contribution < -0.4 is 9.88 Å². The van der Waals surface area contributed by atoms with Crippen LogP contribution in [0.4, 0.5) is 13.2 Å². The van der Waals surface area contributed by atoms with Crippen molar-refractivity contribution in [3.05, 3.63) is 29.8 Å². The van der Waals surface area contributed by atoms with Crippen LogP contribution in [0.15, 0.2) is 24.3 Å². The van der Waals surface area contributed by atoms with E-state index < -0.39 is 27.0 Å². The van der Waals surface area contributed by atoms with Crippen LogP contribution in [0.1, 0.15) is 24.7 Å². The van der Waals surface area contributed by atoms with Gasteiger partial charge in [-0.25, -0.2) is 13.6 Å². The predicted octanol–water partition coefficient (Wildman–Crippen LogP) is 2.37. The second kappa shape index (κ2) is 5.38. The summed E-state index contributed by atoms with van der Waals surface area (Å²) in [5, 5.41) is 1.91. The average Bonchev–Trinajstić information content (AvgIpc) is 2.15. The highest BCUT2D eigenvalue weighted by Crippen LogP contribution is 2.38. The van der Waals surface area contributed by atoms with Crippen molar-refractivity contribution in [3.8, 4) is 5.75 Å². The van der Waals surface area contributed by atoms with Gasteiger partial charge in [-0.3, -0.25) is 0 Å². The van der Waals surface area contributed by atoms with E-state index in [4.69, 9.17) is 4.74 Å². The molecule has 0 saturated carbocycles. The molecular formula is C11H14F3NO3S. The number of sulfonamides is 1. The Bertz CT molecular complexity index is 523. The minimum Gasteiger partial charge on any atom is -0.491 e. The summed E-state index contributed by atoms with van der Waals surface area (Å²) in [6.07, 6.45) is -5.10. The number of ether oxygens (including phenoxy) is 1. The molecule has 0 radical (unpaired) electrons. The molecule has 0 saturated heterocycles. The van der Waals surface area contributed by atoms with Gasteiger partial charge in [0.1, 0.15) is 5.75 Å². The van der Waals surface area contributed by atoms with Crippen molar-refractivity contribution in [2.75, 3.05) is 0 Å². The van der Waals surface area contributed by atoms with Crippen molar-refractivity contribution in [1.82, 2.24) is 0 Å². The lowest BCUT2D eigenvalue weighted by molar-refractivity contribution is -0.131. The normalized spacial score (nSPS) is 14.5. The summed E-state index contributed by atoms with van der Waals surface area (Å²) in [4.78, 5) is 0. The molecule has 0 bridgehead atoms. The Morgan fingerprint density at radius 3 is 1.95 bits per heavy atom. The third-order valence-electron chi connectivity index (χ3n) is 2.18. The SMILES string of the molecule is CC(C)Oc1ccc(C(C(F)(F)F)S(N)(=O)=O)cc1. The lowest BCUT2D eigenvalue weighted by Crippen LogP contribution is -2.33. The zero-order valence-corrected chi connectivity index (χ0v) is 11.1. The van der Waals surface area contributed by atoms with Crippen LogP contribution in [0.2, 0.25) is 0 Å². The Labute approximate surface area is 109 Å². The molecule has 19 heavy (non-hydrogen) atoms. The van der Waals surface area contributed by atoms with Crippen LogP contribution in [0, 0.1) is 0 Å². The zero-order chi connectivity index (χ0) is 14.8. The van der Waals surface area contributed by atoms with Crippen molar-refractivity contribution >= 4 is 10.0 Å². The fraction of sp³-hybridized carbons (Fsp3) is 0.455. The van der Waals surface area contributed by atoms with Crippen LogP contribution in [0.3, 0.4) is 0 Å². The molecule has 2 N–H and O–H groups in total. The first-order valence-electron chi connectivity index (χ1n) is 5.36. The van der Waals surface area contributed by atoms with Gasteiger partial charge in [-0.05, 0) is 31.5 Å². The van der Waals surface area contributed by atoms with Gasteiger partial charge in [0.2, 0.25) is 10.0 Å². The molecule has 0 fully saturated rings. The smallest absolute Gasteiger partial charge is 0.410 e. The topological polar surface area (TPSA) is 69.4 Å². The number of alkyl halides is 3. The lowest BCUT2D eigenvalue weighted by atomic mass is 10.1. The molecule has 0 aliphatic rings. The van der Waals surface area contributed by atoms with Gasteiger partial charge in [0, 0.05) is 0 Å². The van der Waals surface area contributed by atoms with Crippen molar-refractivity contribution in [2.45, 2.75) is 31.4 Å². The fourth-order valence-corrected chi connectivity index (χ4v) is 2.47. The van der Waals surface area contributed by atoms with Gasteiger partial charge >= 0.3 is 6.18 Å². The molecule has 0 aliphatic carbocycles. The first-order chi connectivity index (χ1) is 8.51. The summed E-state index contributed by atoms with van der Waals surface area (Å²) in [5.74, 6) is 0.356. The van der Waals surface area contributed by atoms with Gasteiger partial charge < -0.3 is 4.74 Å². The van der Waals surface area contributed by atoms with Crippen molar-refractivity contribution < 1.29 is 26.3 Å². The van der Waals surface area contributed by atoms with Gasteiger partial charge in [0.05, 0.1) is 6.10 Å². The van der Waals surface area contributed by atoms with E-state index in [1.807, 2.05) is 0 Å². The van der Waals surface area contributed by atoms with Crippen LogP contribution in [-0.2, 0) is 10.0 Å². The van der Waals surface area contributed by atoms with Gasteiger partial charge in [-0.2, -0.15) is 13.2 Å². The highest BCUT2D eigenvalue weighted by molar-refractivity contribution is 7.89. The van der Waals surface area contributed by atoms with Gasteiger partial charge in [0.15, 0.2) is 5.25 Å². The number of halogens is 3. The van der Waals surface area contributed by atoms with Crippen molar-refractivity contribution in [1.29, 1.82) is 0 Å². The van der Waals surface area contributed by atoms with Crippen LogP contribution in [0.5, 0.6) is 5.75 Å². The standard InChI is InChI=1S/C11H14F3NO3S/c1-7(2)18-9-5-3-8(4-6-9)10(11(12,13)14)19(15,16)17/h3-7,10H,1-2H3,(H2,15,16,17). The zero-order valence-electron chi connectivity index (χ0n) is 10.3. The number of nitrogens with two attached hydrogens (primary N) is 1. The van der Waals surface area contributed by atoms with E-state index in [2.05, 4.69) is 5.14 Å². The third-order valence-corrected chi connectivity index (χ3v) is 3.38. The summed E-state index contributed by atoms with van der Waals surface area (Å²) in [6, 6.07) is 4.64. The number of rotatable bonds is 4. The number of benzene rings is 1. The Morgan fingerprint density at radius 1 is 1.16 bits per heavy atom. The fourth-order valence-electron chi connectivity index (χ4n) is 1.56. The van der Waals surface area contributed by atoms with Crippen LogP contribution in [-0.4, -0.2) is 20.7 Å². The molecule has 1 rings (SSSR count). The second-order valence-electron chi connectivity index (χ2n) is 4.25. The Hall–Kier alpha value is -1.28. The molecule has 0 aromatic heterocycles. The molecule has 1 aromatic carbocycles. The molecular weight excluding hydrogens is 283 g/mol. The molecule has 0 heterocycles. The number of hydrogen-bond acceptors (Lipinski definition) is 3. The summed E-state index contributed by atoms with van der Waals surface area (Å²) < 4.78 is 65.6. The van der Waals surface area contributed by atoms with E-state index in [9.17, 15) is 21.6 Å². The highest BCUT2D eigenvalue weighted by Gasteiger charge is 2.48. The second-order valence-corrected chi connectivity index (χ2v) is 5.90. The van der Waals surface area contributed by atoms with E-state index in [0.717, 1.165) is 12.1 Å². The van der Waals surface area contributed by atoms with Crippen molar-refractivity contribution in [2.24, 2.45) is 5.14 Å². The first kappa shape index (κ1) is 15.8. The third kappa shape index (κ3) is 4.39. The Kier molecular flexibility index (Phi) is 4.46. The molecule has 8 heteroatoms. The molecule has 0 spiro atoms. The predicted molar refractivity (Wildman–Crippen MR) is 64.1 cm³/mol. The Morgan fingerprint density at radius 2 is 1.63 bits per heavy atom. The van der Waals surface area contributed by atoms with E-state index in [0.29, 0.717) is 5.75 Å². The average molecular weight is 297 g/mol. The molecule has 0 amide bonds. The highest BCUT2D eigenvalue weighted by atomic mass is 32.2. The molecule has 108 valence electrons. The minimum absolute atomic E-state index is 0.137. The number of primary sulfonamides is 1. The summed E-state index contributed by atoms with van der Waals surface area (Å²) in [6.45, 7) is 3.52. The van der Waals surface area contributed by atoms with E-state index in [-0.39, 0.29) is 6.10 Å². The van der Waals surface area contributed by atoms with E-state index >= 15 is 0 Å². The van der Waals surface area contributed by atoms with Gasteiger partial charge in [-0.15, -0.1) is 0 Å². The molecule has 1 aromatic rings. The van der Waals surface area contributed by atoms with Crippen LogP contribution in [0.25, 0.3) is 0 Å². The van der Waals surface area contributed by atoms with Gasteiger partial charge in [0.25, 0.3) is 0 Å². The molecule has 4 nitrogen and oxygen atoms in total. The maximum absolute atomic E-state index is 12.7. The van der Waals surface area contributed by atoms with Gasteiger partial charge in [-0.1, -0.05) is 12.1 Å². The summed E-state index contributed by atoms with van der Waals surface area (Å²) in [5.41, 5.74) is -0.439. The number of hydrogen-bond donors (Lipinski definition) is 1. The largest absolute Gasteiger partial charge is 0.491 e. The quantitative estimate of drug-likeness (QED) is 0.927. The summed E-state index contributed by atoms with van der Waals surface area (Å²) in [7, 11) is -4.78. The maximum atomic E-state index is 12.7. The monoisotopic (exact) mass is 297 g/mol. The summed E-state index contributed by atoms with van der Waals surface area (Å²) >= 11 is 0. The first-order valence-corrected chi connectivity index (χ1v) is 6.97. The van der Waals surface area contributed by atoms with Crippen LogP contribution >= 0.6 is 0 Å². The molecule has 1 unspecified atom stereocenters. The molecule has 1 atom stereocenters. The van der Waals surface area contributed by atoms with E-state index in [1.54, 1.807) is 13.8 Å². The Balaban J connectivity index is 3.13.